The van der Waals surface area contributed by atoms with Crippen LogP contribution in [0.3, 0.4) is 0 Å². The fourth-order valence-electron chi connectivity index (χ4n) is 5.44. The number of rotatable bonds is 2. The maximum atomic E-state index is 6.21. The van der Waals surface area contributed by atoms with Gasteiger partial charge in [0.1, 0.15) is 11.5 Å². The SMILES string of the molecule is c1ccc2c(c1)Oc1cccc(-c3ccnc(-c4ccc5c6ccccc6c6ccccc6c5c4)n3)c1S2. The van der Waals surface area contributed by atoms with Crippen molar-refractivity contribution in [3.63, 3.8) is 0 Å². The Morgan fingerprint density at radius 3 is 2.00 bits per heavy atom. The highest BCUT2D eigenvalue weighted by Crippen LogP contribution is 2.50. The molecule has 0 bridgehead atoms. The van der Waals surface area contributed by atoms with Gasteiger partial charge in [0.05, 0.1) is 15.5 Å². The van der Waals surface area contributed by atoms with Gasteiger partial charge < -0.3 is 4.74 Å². The number of nitrogens with zero attached hydrogens (tertiary/aromatic N) is 2. The third-order valence-corrected chi connectivity index (χ3v) is 8.38. The van der Waals surface area contributed by atoms with Crippen LogP contribution < -0.4 is 4.74 Å². The van der Waals surface area contributed by atoms with Gasteiger partial charge in [-0.2, -0.15) is 0 Å². The Bertz CT molecular complexity index is 2010. The zero-order chi connectivity index (χ0) is 25.1. The molecule has 0 radical (unpaired) electrons. The molecule has 0 atom stereocenters. The second-order valence-corrected chi connectivity index (χ2v) is 10.5. The molecule has 0 saturated carbocycles. The number of hydrogen-bond donors (Lipinski definition) is 0. The minimum Gasteiger partial charge on any atom is -0.455 e. The van der Waals surface area contributed by atoms with Gasteiger partial charge in [-0.25, -0.2) is 9.97 Å². The van der Waals surface area contributed by atoms with Crippen molar-refractivity contribution in [2.45, 2.75) is 9.79 Å². The van der Waals surface area contributed by atoms with Crippen LogP contribution in [0.25, 0.3) is 55.0 Å². The van der Waals surface area contributed by atoms with Crippen molar-refractivity contribution < 1.29 is 4.74 Å². The molecule has 8 rings (SSSR count). The quantitative estimate of drug-likeness (QED) is 0.220. The van der Waals surface area contributed by atoms with Crippen LogP contribution in [-0.2, 0) is 0 Å². The lowest BCUT2D eigenvalue weighted by Gasteiger charge is -2.21. The van der Waals surface area contributed by atoms with Crippen molar-refractivity contribution >= 4 is 44.1 Å². The molecular weight excluding hydrogens is 484 g/mol. The smallest absolute Gasteiger partial charge is 0.159 e. The van der Waals surface area contributed by atoms with Crippen molar-refractivity contribution in [2.24, 2.45) is 0 Å². The molecule has 1 aliphatic rings. The third-order valence-electron chi connectivity index (χ3n) is 7.19. The summed E-state index contributed by atoms with van der Waals surface area (Å²) in [6.45, 7) is 0. The fraction of sp³-hybridized carbons (Fsp3) is 0. The van der Waals surface area contributed by atoms with E-state index >= 15 is 0 Å². The first-order chi connectivity index (χ1) is 18.8. The first kappa shape index (κ1) is 21.4. The van der Waals surface area contributed by atoms with Gasteiger partial charge in [-0.15, -0.1) is 0 Å². The van der Waals surface area contributed by atoms with E-state index in [2.05, 4.69) is 83.8 Å². The summed E-state index contributed by atoms with van der Waals surface area (Å²) in [5, 5.41) is 7.48. The molecule has 1 aromatic heterocycles. The number of hydrogen-bond acceptors (Lipinski definition) is 4. The van der Waals surface area contributed by atoms with Gasteiger partial charge in [0.15, 0.2) is 5.82 Å². The van der Waals surface area contributed by atoms with Crippen LogP contribution in [0.5, 0.6) is 11.5 Å². The number of ether oxygens (including phenoxy) is 1. The molecule has 0 amide bonds. The van der Waals surface area contributed by atoms with Crippen LogP contribution in [0.2, 0.25) is 0 Å². The summed E-state index contributed by atoms with van der Waals surface area (Å²) >= 11 is 1.72. The Morgan fingerprint density at radius 2 is 1.21 bits per heavy atom. The molecule has 4 heteroatoms. The summed E-state index contributed by atoms with van der Waals surface area (Å²) in [6, 6.07) is 40.1. The van der Waals surface area contributed by atoms with Crippen molar-refractivity contribution in [3.05, 3.63) is 121 Å². The van der Waals surface area contributed by atoms with E-state index in [4.69, 9.17) is 9.72 Å². The zero-order valence-electron chi connectivity index (χ0n) is 20.3. The van der Waals surface area contributed by atoms with E-state index in [1.165, 1.54) is 32.3 Å². The second-order valence-electron chi connectivity index (χ2n) is 9.40. The molecule has 0 spiro atoms. The maximum absolute atomic E-state index is 6.21. The van der Waals surface area contributed by atoms with Gasteiger partial charge in [0, 0.05) is 17.3 Å². The van der Waals surface area contributed by atoms with Gasteiger partial charge in [0.2, 0.25) is 0 Å². The largest absolute Gasteiger partial charge is 0.455 e. The lowest BCUT2D eigenvalue weighted by Crippen LogP contribution is -1.98. The Labute approximate surface area is 223 Å². The van der Waals surface area contributed by atoms with E-state index in [0.717, 1.165) is 38.1 Å². The Hall–Kier alpha value is -4.67. The molecule has 6 aromatic carbocycles. The van der Waals surface area contributed by atoms with Gasteiger partial charge >= 0.3 is 0 Å². The molecular formula is C34H20N2OS. The first-order valence-corrected chi connectivity index (χ1v) is 13.4. The van der Waals surface area contributed by atoms with Crippen LogP contribution in [0, 0.1) is 0 Å². The lowest BCUT2D eigenvalue weighted by molar-refractivity contribution is 0.455. The average molecular weight is 505 g/mol. The molecule has 0 unspecified atom stereocenters. The highest BCUT2D eigenvalue weighted by molar-refractivity contribution is 7.99. The predicted molar refractivity (Wildman–Crippen MR) is 156 cm³/mol. The summed E-state index contributed by atoms with van der Waals surface area (Å²) in [4.78, 5) is 11.9. The molecule has 0 saturated heterocycles. The van der Waals surface area contributed by atoms with E-state index in [-0.39, 0.29) is 0 Å². The second kappa shape index (κ2) is 8.44. The molecule has 38 heavy (non-hydrogen) atoms. The summed E-state index contributed by atoms with van der Waals surface area (Å²) in [5.41, 5.74) is 2.92. The van der Waals surface area contributed by atoms with E-state index < -0.39 is 0 Å². The van der Waals surface area contributed by atoms with Gasteiger partial charge in [-0.1, -0.05) is 96.7 Å². The highest BCUT2D eigenvalue weighted by Gasteiger charge is 2.22. The molecule has 0 aliphatic carbocycles. The van der Waals surface area contributed by atoms with E-state index in [9.17, 15) is 0 Å². The van der Waals surface area contributed by atoms with E-state index in [1.807, 2.05) is 42.6 Å². The van der Waals surface area contributed by atoms with Gasteiger partial charge in [-0.3, -0.25) is 0 Å². The number of aromatic nitrogens is 2. The van der Waals surface area contributed by atoms with Crippen molar-refractivity contribution in [2.75, 3.05) is 0 Å². The molecule has 0 fully saturated rings. The van der Waals surface area contributed by atoms with Crippen LogP contribution in [0.15, 0.2) is 131 Å². The molecule has 2 heterocycles. The Balaban J connectivity index is 1.28. The maximum Gasteiger partial charge on any atom is 0.159 e. The summed E-state index contributed by atoms with van der Waals surface area (Å²) in [7, 11) is 0. The number of benzene rings is 6. The topological polar surface area (TPSA) is 35.0 Å². The summed E-state index contributed by atoms with van der Waals surface area (Å²) in [5.74, 6) is 2.46. The summed E-state index contributed by atoms with van der Waals surface area (Å²) < 4.78 is 6.21. The normalized spacial score (nSPS) is 12.3. The minimum atomic E-state index is 0.710. The zero-order valence-corrected chi connectivity index (χ0v) is 21.1. The molecule has 0 N–H and O–H groups in total. The molecule has 3 nitrogen and oxygen atoms in total. The molecule has 1 aliphatic heterocycles. The van der Waals surface area contributed by atoms with E-state index in [1.54, 1.807) is 11.8 Å². The van der Waals surface area contributed by atoms with Crippen molar-refractivity contribution in [1.29, 1.82) is 0 Å². The van der Waals surface area contributed by atoms with Crippen molar-refractivity contribution in [3.8, 4) is 34.1 Å². The lowest BCUT2D eigenvalue weighted by atomic mass is 9.93. The standard InChI is InChI=1S/C34H20N2OS/c1-2-10-24-22(8-1)23-9-3-4-11-25(23)28-20-21(16-17-26(24)28)34-35-19-18-29(36-34)27-12-7-14-31-33(27)38-32-15-6-5-13-30(32)37-31/h1-20H. The van der Waals surface area contributed by atoms with Crippen LogP contribution in [0.1, 0.15) is 0 Å². The van der Waals surface area contributed by atoms with Gasteiger partial charge in [0.25, 0.3) is 0 Å². The fourth-order valence-corrected chi connectivity index (χ4v) is 6.51. The monoisotopic (exact) mass is 504 g/mol. The Morgan fingerprint density at radius 1 is 0.553 bits per heavy atom. The minimum absolute atomic E-state index is 0.710. The summed E-state index contributed by atoms with van der Waals surface area (Å²) in [6.07, 6.45) is 1.85. The third kappa shape index (κ3) is 3.31. The first-order valence-electron chi connectivity index (χ1n) is 12.6. The van der Waals surface area contributed by atoms with Crippen LogP contribution in [-0.4, -0.2) is 9.97 Å². The van der Waals surface area contributed by atoms with Crippen LogP contribution in [0.4, 0.5) is 0 Å². The molecule has 7 aromatic rings. The van der Waals surface area contributed by atoms with Crippen molar-refractivity contribution in [1.82, 2.24) is 9.97 Å². The predicted octanol–water partition coefficient (Wildman–Crippen LogP) is 9.53. The highest BCUT2D eigenvalue weighted by atomic mass is 32.2. The van der Waals surface area contributed by atoms with Gasteiger partial charge in [-0.05, 0) is 62.6 Å². The van der Waals surface area contributed by atoms with E-state index in [0.29, 0.717) is 5.82 Å². The van der Waals surface area contributed by atoms with Crippen LogP contribution >= 0.6 is 11.8 Å². The molecule has 178 valence electrons. The average Bonchev–Trinajstić information content (AvgIpc) is 2.99. The number of para-hydroxylation sites is 1. The number of fused-ring (bicyclic) bond motifs is 8. The Kier molecular flexibility index (Phi) is 4.76.